The lowest BCUT2D eigenvalue weighted by Crippen LogP contribution is -2.32. The molecule has 21 heavy (non-hydrogen) atoms. The van der Waals surface area contributed by atoms with E-state index in [2.05, 4.69) is 36.7 Å². The van der Waals surface area contributed by atoms with E-state index in [1.54, 1.807) is 17.4 Å². The summed E-state index contributed by atoms with van der Waals surface area (Å²) in [6.07, 6.45) is 0. The Kier molecular flexibility index (Phi) is 4.80. The molecule has 4 heteroatoms. The van der Waals surface area contributed by atoms with Gasteiger partial charge in [-0.1, -0.05) is 26.0 Å². The Morgan fingerprint density at radius 2 is 2.10 bits per heavy atom. The Bertz CT molecular complexity index is 618. The van der Waals surface area contributed by atoms with Crippen LogP contribution in [0.5, 0.6) is 0 Å². The van der Waals surface area contributed by atoms with Crippen molar-refractivity contribution in [2.75, 3.05) is 6.54 Å². The van der Waals surface area contributed by atoms with Gasteiger partial charge in [0, 0.05) is 28.9 Å². The maximum absolute atomic E-state index is 11.1. The number of hydrogen-bond acceptors (Lipinski definition) is 3. The van der Waals surface area contributed by atoms with Crippen LogP contribution in [0, 0.1) is 6.92 Å². The molecule has 0 spiro atoms. The highest BCUT2D eigenvalue weighted by atomic mass is 32.1. The zero-order chi connectivity index (χ0) is 15.5. The molecule has 0 atom stereocenters. The minimum Gasteiger partial charge on any atom is -0.366 e. The molecule has 2 aromatic rings. The molecule has 0 fully saturated rings. The number of amides is 1. The van der Waals surface area contributed by atoms with Crippen molar-refractivity contribution in [2.45, 2.75) is 32.7 Å². The summed E-state index contributed by atoms with van der Waals surface area (Å²) in [4.78, 5) is 12.5. The molecular weight excluding hydrogens is 280 g/mol. The molecule has 112 valence electrons. The van der Waals surface area contributed by atoms with Gasteiger partial charge in [0.2, 0.25) is 5.91 Å². The van der Waals surface area contributed by atoms with Gasteiger partial charge in [0.1, 0.15) is 0 Å². The molecule has 0 aliphatic heterocycles. The first-order chi connectivity index (χ1) is 9.90. The van der Waals surface area contributed by atoms with Crippen LogP contribution in [-0.2, 0) is 12.0 Å². The fraction of sp³-hybridized carbons (Fsp3) is 0.353. The summed E-state index contributed by atoms with van der Waals surface area (Å²) >= 11 is 1.79. The van der Waals surface area contributed by atoms with Crippen LogP contribution in [0.3, 0.4) is 0 Å². The normalized spacial score (nSPS) is 11.6. The number of carbonyl (C=O) groups excluding carboxylic acids is 1. The lowest BCUT2D eigenvalue weighted by Gasteiger charge is -2.24. The van der Waals surface area contributed by atoms with Crippen LogP contribution >= 0.6 is 11.3 Å². The third-order valence-corrected chi connectivity index (χ3v) is 4.93. The second kappa shape index (κ2) is 6.41. The standard InChI is InChI=1S/C17H22N2OS/c1-12-9-13(16(18)20)6-7-14(12)10-19-11-17(2,3)15-5-4-8-21-15/h4-9,19H,10-11H2,1-3H3,(H2,18,20). The average Bonchev–Trinajstić information content (AvgIpc) is 2.95. The number of rotatable bonds is 6. The van der Waals surface area contributed by atoms with E-state index in [0.29, 0.717) is 5.56 Å². The van der Waals surface area contributed by atoms with E-state index >= 15 is 0 Å². The first kappa shape index (κ1) is 15.7. The molecule has 0 unspecified atom stereocenters. The molecule has 1 aromatic carbocycles. The Labute approximate surface area is 130 Å². The molecule has 0 radical (unpaired) electrons. The van der Waals surface area contributed by atoms with Crippen molar-refractivity contribution in [3.05, 3.63) is 57.3 Å². The van der Waals surface area contributed by atoms with Crippen molar-refractivity contribution in [1.29, 1.82) is 0 Å². The minimum absolute atomic E-state index is 0.120. The van der Waals surface area contributed by atoms with Gasteiger partial charge in [-0.25, -0.2) is 0 Å². The van der Waals surface area contributed by atoms with E-state index in [1.165, 1.54) is 10.4 Å². The van der Waals surface area contributed by atoms with Crippen molar-refractivity contribution >= 4 is 17.2 Å². The summed E-state index contributed by atoms with van der Waals surface area (Å²) in [6, 6.07) is 9.88. The van der Waals surface area contributed by atoms with Crippen molar-refractivity contribution in [1.82, 2.24) is 5.32 Å². The van der Waals surface area contributed by atoms with Gasteiger partial charge in [-0.3, -0.25) is 4.79 Å². The molecule has 0 saturated carbocycles. The van der Waals surface area contributed by atoms with E-state index in [0.717, 1.165) is 18.7 Å². The number of carbonyl (C=O) groups is 1. The van der Waals surface area contributed by atoms with Gasteiger partial charge >= 0.3 is 0 Å². The predicted octanol–water partition coefficient (Wildman–Crippen LogP) is 3.22. The van der Waals surface area contributed by atoms with Gasteiger partial charge in [-0.2, -0.15) is 0 Å². The first-order valence-electron chi connectivity index (χ1n) is 7.04. The summed E-state index contributed by atoms with van der Waals surface area (Å²) in [5, 5.41) is 5.63. The number of aryl methyl sites for hydroxylation is 1. The Morgan fingerprint density at radius 3 is 2.67 bits per heavy atom. The fourth-order valence-electron chi connectivity index (χ4n) is 2.31. The monoisotopic (exact) mass is 302 g/mol. The molecule has 1 aromatic heterocycles. The number of nitrogens with two attached hydrogens (primary N) is 1. The van der Waals surface area contributed by atoms with Crippen LogP contribution in [0.2, 0.25) is 0 Å². The SMILES string of the molecule is Cc1cc(C(N)=O)ccc1CNCC(C)(C)c1cccs1. The smallest absolute Gasteiger partial charge is 0.248 e. The summed E-state index contributed by atoms with van der Waals surface area (Å²) in [6.45, 7) is 8.20. The third-order valence-electron chi connectivity index (χ3n) is 3.70. The van der Waals surface area contributed by atoms with E-state index in [1.807, 2.05) is 19.1 Å². The molecule has 0 bridgehead atoms. The summed E-state index contributed by atoms with van der Waals surface area (Å²) in [5.74, 6) is -0.378. The molecule has 1 amide bonds. The second-order valence-electron chi connectivity index (χ2n) is 5.97. The second-order valence-corrected chi connectivity index (χ2v) is 6.92. The van der Waals surface area contributed by atoms with Crippen LogP contribution < -0.4 is 11.1 Å². The van der Waals surface area contributed by atoms with Crippen LogP contribution in [-0.4, -0.2) is 12.5 Å². The lowest BCUT2D eigenvalue weighted by molar-refractivity contribution is 0.1000. The van der Waals surface area contributed by atoms with Gasteiger partial charge in [0.05, 0.1) is 0 Å². The van der Waals surface area contributed by atoms with Crippen LogP contribution in [0.1, 0.15) is 40.2 Å². The van der Waals surface area contributed by atoms with E-state index in [4.69, 9.17) is 5.73 Å². The van der Waals surface area contributed by atoms with Gasteiger partial charge in [-0.15, -0.1) is 11.3 Å². The van der Waals surface area contributed by atoms with Crippen LogP contribution in [0.25, 0.3) is 0 Å². The number of thiophene rings is 1. The predicted molar refractivity (Wildman–Crippen MR) is 88.7 cm³/mol. The van der Waals surface area contributed by atoms with E-state index < -0.39 is 0 Å². The maximum Gasteiger partial charge on any atom is 0.248 e. The Balaban J connectivity index is 1.96. The van der Waals surface area contributed by atoms with Gasteiger partial charge in [0.15, 0.2) is 0 Å². The zero-order valence-corrected chi connectivity index (χ0v) is 13.6. The highest BCUT2D eigenvalue weighted by Gasteiger charge is 2.21. The van der Waals surface area contributed by atoms with E-state index in [9.17, 15) is 4.79 Å². The van der Waals surface area contributed by atoms with Gasteiger partial charge < -0.3 is 11.1 Å². The van der Waals surface area contributed by atoms with Gasteiger partial charge in [-0.05, 0) is 41.6 Å². The Hall–Kier alpha value is -1.65. The number of benzene rings is 1. The topological polar surface area (TPSA) is 55.1 Å². The number of nitrogens with one attached hydrogen (secondary N) is 1. The average molecular weight is 302 g/mol. The van der Waals surface area contributed by atoms with Crippen LogP contribution in [0.15, 0.2) is 35.7 Å². The lowest BCUT2D eigenvalue weighted by atomic mass is 9.91. The maximum atomic E-state index is 11.1. The summed E-state index contributed by atoms with van der Waals surface area (Å²) in [7, 11) is 0. The van der Waals surface area contributed by atoms with Crippen molar-refractivity contribution < 1.29 is 4.79 Å². The number of primary amides is 1. The van der Waals surface area contributed by atoms with Gasteiger partial charge in [0.25, 0.3) is 0 Å². The molecule has 3 nitrogen and oxygen atoms in total. The summed E-state index contributed by atoms with van der Waals surface area (Å²) in [5.41, 5.74) is 8.26. The third kappa shape index (κ3) is 3.93. The van der Waals surface area contributed by atoms with Crippen molar-refractivity contribution in [2.24, 2.45) is 5.73 Å². The van der Waals surface area contributed by atoms with Crippen molar-refractivity contribution in [3.63, 3.8) is 0 Å². The molecule has 3 N–H and O–H groups in total. The van der Waals surface area contributed by atoms with E-state index in [-0.39, 0.29) is 11.3 Å². The molecule has 1 heterocycles. The van der Waals surface area contributed by atoms with Crippen molar-refractivity contribution in [3.8, 4) is 0 Å². The quantitative estimate of drug-likeness (QED) is 0.861. The molecule has 0 aliphatic carbocycles. The highest BCUT2D eigenvalue weighted by Crippen LogP contribution is 2.26. The minimum atomic E-state index is -0.378. The molecular formula is C17H22N2OS. The fourth-order valence-corrected chi connectivity index (χ4v) is 3.16. The zero-order valence-electron chi connectivity index (χ0n) is 12.8. The largest absolute Gasteiger partial charge is 0.366 e. The highest BCUT2D eigenvalue weighted by molar-refractivity contribution is 7.10. The van der Waals surface area contributed by atoms with Crippen LogP contribution in [0.4, 0.5) is 0 Å². The molecule has 0 saturated heterocycles. The first-order valence-corrected chi connectivity index (χ1v) is 7.92. The molecule has 2 rings (SSSR count). The molecule has 0 aliphatic rings. The Morgan fingerprint density at radius 1 is 1.33 bits per heavy atom. The number of hydrogen-bond donors (Lipinski definition) is 2. The summed E-state index contributed by atoms with van der Waals surface area (Å²) < 4.78 is 0.